The van der Waals surface area contributed by atoms with Crippen LogP contribution in [0.25, 0.3) is 0 Å². The molecule has 0 atom stereocenters. The Morgan fingerprint density at radius 1 is 0.760 bits per heavy atom. The molecule has 0 rings (SSSR count). The van der Waals surface area contributed by atoms with E-state index in [4.69, 9.17) is 9.79 Å². The van der Waals surface area contributed by atoms with Crippen molar-refractivity contribution in [2.75, 3.05) is 6.61 Å². The lowest BCUT2D eigenvalue weighted by atomic mass is 10.0. The second-order valence-corrected chi connectivity index (χ2v) is 9.47. The molecule has 3 N–H and O–H groups in total. The van der Waals surface area contributed by atoms with Crippen LogP contribution in [-0.4, -0.2) is 24.8 Å². The predicted octanol–water partition coefficient (Wildman–Crippen LogP) is 4.41. The van der Waals surface area contributed by atoms with Gasteiger partial charge in [-0.1, -0.05) is 94.9 Å². The molecule has 0 saturated heterocycles. The van der Waals surface area contributed by atoms with Gasteiger partial charge in [0.1, 0.15) is 0 Å². The molecule has 0 aromatic heterocycles. The lowest BCUT2D eigenvalue weighted by molar-refractivity contribution is 0.298. The molecule has 0 aliphatic heterocycles. The third-order valence-electron chi connectivity index (χ3n) is 3.97. The fourth-order valence-electron chi connectivity index (χ4n) is 2.64. The Kier molecular flexibility index (Phi) is 15.1. The van der Waals surface area contributed by atoms with Crippen molar-refractivity contribution in [3.63, 3.8) is 0 Å². The highest BCUT2D eigenvalue weighted by atomic mass is 32.2. The second kappa shape index (κ2) is 15.1. The van der Waals surface area contributed by atoms with E-state index in [1.807, 2.05) is 0 Å². The minimum Gasteiger partial charge on any atom is -0.312 e. The average molecular weight is 402 g/mol. The van der Waals surface area contributed by atoms with E-state index in [2.05, 4.69) is 11.1 Å². The van der Waals surface area contributed by atoms with E-state index < -0.39 is 18.1 Å². The lowest BCUT2D eigenvalue weighted by Gasteiger charge is -2.07. The summed E-state index contributed by atoms with van der Waals surface area (Å²) in [5.74, 6) is 0. The Labute approximate surface area is 153 Å². The lowest BCUT2D eigenvalue weighted by Crippen LogP contribution is -2.23. The van der Waals surface area contributed by atoms with Gasteiger partial charge in [-0.05, 0) is 6.42 Å². The summed E-state index contributed by atoms with van der Waals surface area (Å²) in [6, 6.07) is 0. The van der Waals surface area contributed by atoms with Gasteiger partial charge in [0, 0.05) is 0 Å². The Morgan fingerprint density at radius 3 is 1.48 bits per heavy atom. The van der Waals surface area contributed by atoms with E-state index >= 15 is 0 Å². The Balaban J connectivity index is 3.30. The molecule has 0 saturated carbocycles. The molecule has 0 unspecified atom stereocenters. The first-order valence-corrected chi connectivity index (χ1v) is 12.5. The van der Waals surface area contributed by atoms with Crippen LogP contribution in [0.15, 0.2) is 0 Å². The zero-order valence-electron chi connectivity index (χ0n) is 15.5. The Bertz CT molecular complexity index is 452. The summed E-state index contributed by atoms with van der Waals surface area (Å²) in [6.45, 7) is 2.17. The van der Waals surface area contributed by atoms with Crippen molar-refractivity contribution in [2.24, 2.45) is 0 Å². The summed E-state index contributed by atoms with van der Waals surface area (Å²) in [5.41, 5.74) is 0. The van der Waals surface area contributed by atoms with Gasteiger partial charge in [-0.25, -0.2) is 4.57 Å². The molecule has 25 heavy (non-hydrogen) atoms. The fourth-order valence-corrected chi connectivity index (χ4v) is 4.35. The molecule has 0 amide bonds. The number of hydrogen-bond acceptors (Lipinski definition) is 4. The molecule has 0 fully saturated rings. The normalized spacial score (nSPS) is 12.6. The molecule has 0 radical (unpaired) electrons. The monoisotopic (exact) mass is 401 g/mol. The van der Waals surface area contributed by atoms with Gasteiger partial charge < -0.3 is 9.79 Å². The maximum absolute atomic E-state index is 11.2. The van der Waals surface area contributed by atoms with Crippen LogP contribution in [0.3, 0.4) is 0 Å². The van der Waals surface area contributed by atoms with Crippen molar-refractivity contribution in [3.05, 3.63) is 0 Å². The zero-order chi connectivity index (χ0) is 19.0. The number of unbranched alkanes of at least 4 members (excludes halogenated alkanes) is 13. The van der Waals surface area contributed by atoms with Gasteiger partial charge >= 0.3 is 18.1 Å². The molecule has 7 nitrogen and oxygen atoms in total. The van der Waals surface area contributed by atoms with Crippen LogP contribution < -0.4 is 4.49 Å². The van der Waals surface area contributed by atoms with Crippen molar-refractivity contribution < 1.29 is 27.0 Å². The van der Waals surface area contributed by atoms with Crippen LogP contribution in [0.4, 0.5) is 0 Å². The maximum Gasteiger partial charge on any atom is 0.415 e. The van der Waals surface area contributed by atoms with E-state index in [1.54, 1.807) is 0 Å². The number of hydrogen-bond donors (Lipinski definition) is 3. The third-order valence-corrected chi connectivity index (χ3v) is 6.29. The minimum atomic E-state index is -4.84. The molecule has 152 valence electrons. The van der Waals surface area contributed by atoms with E-state index in [1.165, 1.54) is 64.2 Å². The highest BCUT2D eigenvalue weighted by Crippen LogP contribution is 2.29. The maximum atomic E-state index is 11.2. The summed E-state index contributed by atoms with van der Waals surface area (Å²) in [4.78, 5) is 17.0. The summed E-state index contributed by atoms with van der Waals surface area (Å²) < 4.78 is 38.5. The fraction of sp³-hybridized carbons (Fsp3) is 1.00. The van der Waals surface area contributed by atoms with Crippen LogP contribution in [0, 0.1) is 0 Å². The van der Waals surface area contributed by atoms with Gasteiger partial charge in [0.05, 0.1) is 6.61 Å². The highest BCUT2D eigenvalue weighted by Gasteiger charge is 2.23. The second-order valence-electron chi connectivity index (χ2n) is 6.51. The Morgan fingerprint density at radius 2 is 1.12 bits per heavy atom. The first-order chi connectivity index (χ1) is 11.8. The first-order valence-electron chi connectivity index (χ1n) is 9.51. The van der Waals surface area contributed by atoms with Crippen molar-refractivity contribution in [3.8, 4) is 0 Å². The van der Waals surface area contributed by atoms with Gasteiger partial charge in [0.15, 0.2) is 0 Å². The van der Waals surface area contributed by atoms with Crippen LogP contribution in [0.5, 0.6) is 0 Å². The summed E-state index contributed by atoms with van der Waals surface area (Å²) in [7, 11) is -9.21. The van der Waals surface area contributed by atoms with E-state index in [0.717, 1.165) is 23.8 Å². The topological polar surface area (TPSA) is 113 Å². The molecule has 0 aliphatic carbocycles. The molecular formula is C16H36NO6PS. The molecule has 9 heteroatoms. The number of nitrogens with one attached hydrogen (secondary N) is 1. The van der Waals surface area contributed by atoms with Gasteiger partial charge in [-0.2, -0.15) is 8.42 Å². The van der Waals surface area contributed by atoms with Crippen molar-refractivity contribution in [1.29, 1.82) is 0 Å². The van der Waals surface area contributed by atoms with Crippen LogP contribution in [-0.2, 0) is 19.1 Å². The molecule has 0 aromatic carbocycles. The average Bonchev–Trinajstić information content (AvgIpc) is 2.48. The summed E-state index contributed by atoms with van der Waals surface area (Å²) in [5, 5.41) is 0. The molecule has 0 heterocycles. The van der Waals surface area contributed by atoms with Crippen molar-refractivity contribution >= 4 is 18.1 Å². The van der Waals surface area contributed by atoms with Crippen molar-refractivity contribution in [1.82, 2.24) is 4.49 Å². The largest absolute Gasteiger partial charge is 0.415 e. The van der Waals surface area contributed by atoms with E-state index in [0.29, 0.717) is 6.42 Å². The first kappa shape index (κ1) is 25.0. The zero-order valence-corrected chi connectivity index (χ0v) is 17.2. The number of rotatable bonds is 18. The molecular weight excluding hydrogens is 365 g/mol. The summed E-state index contributed by atoms with van der Waals surface area (Å²) in [6.07, 6.45) is 16.7. The molecule has 0 spiro atoms. The van der Waals surface area contributed by atoms with Crippen LogP contribution in [0.1, 0.15) is 96.8 Å². The SMILES string of the molecule is CCCCCCCCCCCCCCCCOS(=O)(=O)NP(=O)(O)O. The van der Waals surface area contributed by atoms with Gasteiger partial charge in [-0.3, -0.25) is 4.18 Å². The highest BCUT2D eigenvalue weighted by molar-refractivity contribution is 7.90. The smallest absolute Gasteiger partial charge is 0.312 e. The van der Waals surface area contributed by atoms with Gasteiger partial charge in [0.25, 0.3) is 0 Å². The van der Waals surface area contributed by atoms with Crippen LogP contribution in [0.2, 0.25) is 0 Å². The molecule has 0 aliphatic rings. The quantitative estimate of drug-likeness (QED) is 0.232. The van der Waals surface area contributed by atoms with Gasteiger partial charge in [-0.15, -0.1) is 0 Å². The van der Waals surface area contributed by atoms with Crippen molar-refractivity contribution in [2.45, 2.75) is 96.8 Å². The minimum absolute atomic E-state index is 0.0621. The summed E-state index contributed by atoms with van der Waals surface area (Å²) >= 11 is 0. The molecule has 0 bridgehead atoms. The van der Waals surface area contributed by atoms with E-state index in [9.17, 15) is 13.0 Å². The predicted molar refractivity (Wildman–Crippen MR) is 100 cm³/mol. The standard InChI is InChI=1S/C16H36NO6PS/c1-2-3-4-5-6-7-8-9-10-11-12-13-14-15-16-23-25(21,22)17-24(18,19)20/h2-16H2,1H3,(H3,17,18,19,20). The van der Waals surface area contributed by atoms with E-state index in [-0.39, 0.29) is 6.61 Å². The van der Waals surface area contributed by atoms with Gasteiger partial charge in [0.2, 0.25) is 0 Å². The third kappa shape index (κ3) is 20.2. The molecule has 0 aromatic rings. The Hall–Kier alpha value is 0.0200. The van der Waals surface area contributed by atoms with Crippen LogP contribution >= 0.6 is 7.75 Å².